The van der Waals surface area contributed by atoms with Crippen molar-refractivity contribution in [3.63, 3.8) is 0 Å². The molecule has 0 spiro atoms. The minimum atomic E-state index is -0.291. The first-order valence-corrected chi connectivity index (χ1v) is 8.24. The van der Waals surface area contributed by atoms with Gasteiger partial charge in [-0.05, 0) is 30.5 Å². The van der Waals surface area contributed by atoms with E-state index in [0.717, 1.165) is 18.4 Å². The Balaban J connectivity index is 0.00000225. The number of carbonyl (C=O) groups excluding carboxylic acids is 2. The number of para-hydroxylation sites is 1. The topological polar surface area (TPSA) is 66.4 Å². The van der Waals surface area contributed by atoms with Crippen molar-refractivity contribution >= 4 is 11.7 Å². The number of ketones is 1. The number of phenolic OH excluding ortho intramolecular Hbond substituents is 1. The van der Waals surface area contributed by atoms with Gasteiger partial charge >= 0.3 is 0 Å². The number of amides is 1. The molecule has 1 radical (unpaired) electrons. The summed E-state index contributed by atoms with van der Waals surface area (Å²) >= 11 is 0. The van der Waals surface area contributed by atoms with Gasteiger partial charge in [0.25, 0.3) is 5.91 Å². The predicted molar refractivity (Wildman–Crippen MR) is 92.0 cm³/mol. The van der Waals surface area contributed by atoms with Crippen LogP contribution in [0.5, 0.6) is 5.75 Å². The zero-order valence-electron chi connectivity index (χ0n) is 14.1. The largest absolute Gasteiger partial charge is 0.507 e. The van der Waals surface area contributed by atoms with Crippen LogP contribution in [0, 0.1) is 44.1 Å². The zero-order valence-corrected chi connectivity index (χ0v) is 18.8. The molecule has 127 valence electrons. The van der Waals surface area contributed by atoms with Crippen molar-refractivity contribution in [3.05, 3.63) is 65.7 Å². The van der Waals surface area contributed by atoms with Crippen molar-refractivity contribution in [1.29, 1.82) is 0 Å². The molecule has 1 fully saturated rings. The first-order valence-electron chi connectivity index (χ1n) is 8.24. The van der Waals surface area contributed by atoms with Crippen molar-refractivity contribution in [2.75, 3.05) is 6.54 Å². The molecule has 0 atom stereocenters. The van der Waals surface area contributed by atoms with Gasteiger partial charge in [0.05, 0.1) is 5.56 Å². The van der Waals surface area contributed by atoms with Crippen LogP contribution >= 0.6 is 0 Å². The number of phenols is 1. The van der Waals surface area contributed by atoms with Crippen LogP contribution < -0.4 is 5.32 Å². The van der Waals surface area contributed by atoms with Crippen molar-refractivity contribution in [3.8, 4) is 5.75 Å². The number of hydrogen-bond acceptors (Lipinski definition) is 3. The van der Waals surface area contributed by atoms with E-state index in [0.29, 0.717) is 19.4 Å². The van der Waals surface area contributed by atoms with Crippen LogP contribution in [0.25, 0.3) is 0 Å². The predicted octanol–water partition coefficient (Wildman–Crippen LogP) is 3.20. The van der Waals surface area contributed by atoms with Crippen molar-refractivity contribution < 1.29 is 58.8 Å². The molecule has 4 nitrogen and oxygen atoms in total. The maximum atomic E-state index is 12.4. The second-order valence-corrected chi connectivity index (χ2v) is 6.38. The summed E-state index contributed by atoms with van der Waals surface area (Å²) in [6.07, 6.45) is 2.55. The molecule has 1 aliphatic rings. The summed E-state index contributed by atoms with van der Waals surface area (Å²) in [5.41, 5.74) is 1.19. The maximum absolute atomic E-state index is 12.4. The summed E-state index contributed by atoms with van der Waals surface area (Å²) in [4.78, 5) is 24.1. The van der Waals surface area contributed by atoms with Crippen molar-refractivity contribution in [2.24, 2.45) is 0 Å². The molecule has 1 aliphatic carbocycles. The minimum absolute atomic E-state index is 0. The zero-order chi connectivity index (χ0) is 17.0. The molecular weight excluding hydrogens is 529 g/mol. The summed E-state index contributed by atoms with van der Waals surface area (Å²) < 4.78 is 0. The summed E-state index contributed by atoms with van der Waals surface area (Å²) in [5, 5.41) is 12.8. The summed E-state index contributed by atoms with van der Waals surface area (Å²) in [6, 6.07) is 16.6. The van der Waals surface area contributed by atoms with Crippen LogP contribution in [0.4, 0.5) is 0 Å². The first-order chi connectivity index (χ1) is 11.6. The summed E-state index contributed by atoms with van der Waals surface area (Å²) in [6.45, 7) is 0.456. The van der Waals surface area contributed by atoms with Gasteiger partial charge in [0.2, 0.25) is 0 Å². The molecule has 2 aromatic carbocycles. The molecule has 0 unspecified atom stereocenters. The van der Waals surface area contributed by atoms with Crippen molar-refractivity contribution in [2.45, 2.75) is 31.1 Å². The molecule has 0 heterocycles. The molecule has 5 heteroatoms. The van der Waals surface area contributed by atoms with Crippen LogP contribution in [-0.2, 0) is 10.2 Å². The normalized spacial score (nSPS) is 15.9. The van der Waals surface area contributed by atoms with Gasteiger partial charge in [0.15, 0.2) is 0 Å². The molecule has 1 amide bonds. The van der Waals surface area contributed by atoms with Gasteiger partial charge in [0, 0.05) is 68.9 Å². The van der Waals surface area contributed by atoms with Crippen LogP contribution in [-0.4, -0.2) is 23.3 Å². The fourth-order valence-corrected chi connectivity index (χ4v) is 3.38. The Bertz CT molecular complexity index is 736. The van der Waals surface area contributed by atoms with E-state index in [9.17, 15) is 14.7 Å². The fourth-order valence-electron chi connectivity index (χ4n) is 3.38. The third-order valence-corrected chi connectivity index (χ3v) is 4.89. The molecule has 1 saturated carbocycles. The Labute approximate surface area is 183 Å². The first kappa shape index (κ1) is 20.1. The van der Waals surface area contributed by atoms with Gasteiger partial charge in [-0.25, -0.2) is 0 Å². The average molecular weight is 550 g/mol. The molecule has 0 bridgehead atoms. The Morgan fingerprint density at radius 3 is 2.24 bits per heavy atom. The molecule has 3 rings (SSSR count). The van der Waals surface area contributed by atoms with E-state index in [1.54, 1.807) is 18.2 Å². The number of aromatic hydroxyl groups is 1. The summed E-state index contributed by atoms with van der Waals surface area (Å²) in [7, 11) is 0. The SMILES string of the molecule is O=C1CCC(CNC(=O)c2ccccc2O)(c2ccccc2)CC1.[Ac]. The van der Waals surface area contributed by atoms with Gasteiger partial charge in [-0.15, -0.1) is 0 Å². The Kier molecular flexibility index (Phi) is 7.22. The Morgan fingerprint density at radius 2 is 1.60 bits per heavy atom. The van der Waals surface area contributed by atoms with Crippen LogP contribution in [0.1, 0.15) is 41.6 Å². The van der Waals surface area contributed by atoms with E-state index in [1.807, 2.05) is 18.2 Å². The average Bonchev–Trinajstić information content (AvgIpc) is 2.62. The monoisotopic (exact) mass is 550 g/mol. The molecule has 2 aromatic rings. The molecule has 25 heavy (non-hydrogen) atoms. The maximum Gasteiger partial charge on any atom is 0.255 e. The van der Waals surface area contributed by atoms with Gasteiger partial charge in [-0.1, -0.05) is 42.5 Å². The molecule has 2 N–H and O–H groups in total. The van der Waals surface area contributed by atoms with Gasteiger partial charge in [-0.3, -0.25) is 9.59 Å². The fraction of sp³-hybridized carbons (Fsp3) is 0.300. The van der Waals surface area contributed by atoms with Crippen molar-refractivity contribution in [1.82, 2.24) is 5.32 Å². The van der Waals surface area contributed by atoms with Gasteiger partial charge in [0.1, 0.15) is 11.5 Å². The quantitative estimate of drug-likeness (QED) is 0.615. The number of hydrogen-bond donors (Lipinski definition) is 2. The third kappa shape index (κ3) is 4.71. The second kappa shape index (κ2) is 8.96. The standard InChI is InChI=1S/C20H21NO3.Ac/c22-16-10-12-20(13-11-16,15-6-2-1-3-7-15)14-21-19(24)17-8-4-5-9-18(17)23;/h1-9,23H,10-14H2,(H,21,24);. The number of Topliss-reactive ketones (excluding diaryl/α,β-unsaturated/α-hetero) is 1. The third-order valence-electron chi connectivity index (χ3n) is 4.89. The van der Waals surface area contributed by atoms with E-state index in [4.69, 9.17) is 0 Å². The van der Waals surface area contributed by atoms with E-state index in [1.165, 1.54) is 6.07 Å². The van der Waals surface area contributed by atoms with Crippen LogP contribution in [0.15, 0.2) is 54.6 Å². The second-order valence-electron chi connectivity index (χ2n) is 6.38. The van der Waals surface area contributed by atoms with E-state index in [-0.39, 0.29) is 72.5 Å². The minimum Gasteiger partial charge on any atom is -0.507 e. The molecule has 0 aliphatic heterocycles. The molecule has 0 saturated heterocycles. The molecular formula is C20H21AcNO3. The van der Waals surface area contributed by atoms with E-state index in [2.05, 4.69) is 17.4 Å². The Hall–Kier alpha value is -1.18. The number of benzene rings is 2. The Morgan fingerprint density at radius 1 is 1.00 bits per heavy atom. The van der Waals surface area contributed by atoms with E-state index < -0.39 is 0 Å². The van der Waals surface area contributed by atoms with Gasteiger partial charge in [-0.2, -0.15) is 0 Å². The van der Waals surface area contributed by atoms with Crippen LogP contribution in [0.3, 0.4) is 0 Å². The smallest absolute Gasteiger partial charge is 0.255 e. The van der Waals surface area contributed by atoms with Gasteiger partial charge < -0.3 is 10.4 Å². The summed E-state index contributed by atoms with van der Waals surface area (Å²) in [5.74, 6) is -0.0310. The number of carbonyl (C=O) groups is 2. The van der Waals surface area contributed by atoms with E-state index >= 15 is 0 Å². The number of nitrogens with one attached hydrogen (secondary N) is 1. The van der Waals surface area contributed by atoms with Crippen LogP contribution in [0.2, 0.25) is 0 Å². The molecule has 0 aromatic heterocycles. The number of rotatable bonds is 4.